The fraction of sp³-hybridized carbons (Fsp3) is 0.231. The Morgan fingerprint density at radius 2 is 1.95 bits per heavy atom. The fourth-order valence-corrected chi connectivity index (χ4v) is 1.80. The Balaban J connectivity index is 2.41. The van der Waals surface area contributed by atoms with Crippen molar-refractivity contribution in [3.05, 3.63) is 51.8 Å². The molecule has 0 N–H and O–H groups in total. The van der Waals surface area contributed by atoms with E-state index < -0.39 is 4.92 Å². The number of carbonyl (C=O) groups excluding carboxylic acids is 1. The number of hydrogen-bond donors (Lipinski definition) is 0. The highest BCUT2D eigenvalue weighted by atomic mass is 16.6. The molecule has 0 fully saturated rings. The molecule has 0 aliphatic rings. The highest BCUT2D eigenvalue weighted by molar-refractivity contribution is 5.76. The Hall–Kier alpha value is -2.50. The zero-order chi connectivity index (χ0) is 14.0. The molecule has 2 aromatic rings. The molecule has 0 spiro atoms. The van der Waals surface area contributed by atoms with Crippen LogP contribution in [0.25, 0.3) is 5.69 Å². The molecule has 6 heteroatoms. The molecule has 0 bridgehead atoms. The predicted octanol–water partition coefficient (Wildman–Crippen LogP) is 2.72. The van der Waals surface area contributed by atoms with E-state index in [1.54, 1.807) is 23.0 Å². The Morgan fingerprint density at radius 1 is 1.32 bits per heavy atom. The first-order chi connectivity index (χ1) is 9.02. The Bertz CT molecular complexity index is 615. The first-order valence-electron chi connectivity index (χ1n) is 5.82. The normalized spacial score (nSPS) is 10.7. The largest absolute Gasteiger partial charge is 0.298 e. The van der Waals surface area contributed by atoms with E-state index in [1.807, 2.05) is 13.8 Å². The molecule has 2 rings (SSSR count). The zero-order valence-electron chi connectivity index (χ0n) is 10.6. The number of benzene rings is 1. The number of hydrogen-bond acceptors (Lipinski definition) is 4. The van der Waals surface area contributed by atoms with Crippen molar-refractivity contribution in [3.8, 4) is 5.69 Å². The molecule has 1 heterocycles. The van der Waals surface area contributed by atoms with Crippen molar-refractivity contribution in [1.29, 1.82) is 0 Å². The maximum atomic E-state index is 11.0. The van der Waals surface area contributed by atoms with E-state index in [0.717, 1.165) is 6.29 Å². The van der Waals surface area contributed by atoms with Crippen LogP contribution < -0.4 is 0 Å². The number of carbonyl (C=O) groups is 1. The number of nitro groups is 1. The average molecular weight is 259 g/mol. The molecule has 0 saturated heterocycles. The van der Waals surface area contributed by atoms with Gasteiger partial charge in [-0.3, -0.25) is 14.9 Å². The second-order valence-electron chi connectivity index (χ2n) is 4.46. The maximum absolute atomic E-state index is 11.0. The minimum absolute atomic E-state index is 0.0237. The van der Waals surface area contributed by atoms with Crippen molar-refractivity contribution in [3.63, 3.8) is 0 Å². The summed E-state index contributed by atoms with van der Waals surface area (Å²) < 4.78 is 1.56. The van der Waals surface area contributed by atoms with Crippen LogP contribution in [0.5, 0.6) is 0 Å². The van der Waals surface area contributed by atoms with Crippen LogP contribution in [0.3, 0.4) is 0 Å². The van der Waals surface area contributed by atoms with Crippen molar-refractivity contribution in [2.45, 2.75) is 19.8 Å². The quantitative estimate of drug-likeness (QED) is 0.480. The summed E-state index contributed by atoms with van der Waals surface area (Å²) in [5.74, 6) is 0.138. The summed E-state index contributed by atoms with van der Waals surface area (Å²) in [5, 5.41) is 14.9. The summed E-state index contributed by atoms with van der Waals surface area (Å²) in [4.78, 5) is 21.1. The van der Waals surface area contributed by atoms with Crippen molar-refractivity contribution >= 4 is 12.0 Å². The fourth-order valence-electron chi connectivity index (χ4n) is 1.80. The van der Waals surface area contributed by atoms with Gasteiger partial charge in [0.25, 0.3) is 5.69 Å². The van der Waals surface area contributed by atoms with Crippen LogP contribution in [0.2, 0.25) is 0 Å². The maximum Gasteiger partial charge on any atom is 0.269 e. The molecule has 1 aromatic carbocycles. The minimum atomic E-state index is -0.455. The molecule has 0 saturated carbocycles. The molecule has 0 radical (unpaired) electrons. The predicted molar refractivity (Wildman–Crippen MR) is 69.7 cm³/mol. The summed E-state index contributed by atoms with van der Waals surface area (Å²) in [6, 6.07) is 6.02. The van der Waals surface area contributed by atoms with E-state index in [1.165, 1.54) is 12.1 Å². The van der Waals surface area contributed by atoms with Gasteiger partial charge in [-0.25, -0.2) is 4.68 Å². The SMILES string of the molecule is CC(C)c1nn(-c2ccc([N+](=O)[O-])cc2)cc1C=O. The average Bonchev–Trinajstić information content (AvgIpc) is 2.83. The lowest BCUT2D eigenvalue weighted by molar-refractivity contribution is -0.384. The van der Waals surface area contributed by atoms with Crippen LogP contribution in [0, 0.1) is 10.1 Å². The van der Waals surface area contributed by atoms with Gasteiger partial charge in [0.15, 0.2) is 6.29 Å². The van der Waals surface area contributed by atoms with E-state index in [2.05, 4.69) is 5.10 Å². The molecular weight excluding hydrogens is 246 g/mol. The summed E-state index contributed by atoms with van der Waals surface area (Å²) in [5.41, 5.74) is 1.96. The van der Waals surface area contributed by atoms with Crippen LogP contribution in [0.15, 0.2) is 30.5 Å². The third-order valence-corrected chi connectivity index (χ3v) is 2.77. The summed E-state index contributed by atoms with van der Waals surface area (Å²) in [7, 11) is 0. The smallest absolute Gasteiger partial charge is 0.269 e. The lowest BCUT2D eigenvalue weighted by atomic mass is 10.1. The van der Waals surface area contributed by atoms with Gasteiger partial charge in [0, 0.05) is 18.3 Å². The van der Waals surface area contributed by atoms with Gasteiger partial charge >= 0.3 is 0 Å². The highest BCUT2D eigenvalue weighted by Gasteiger charge is 2.13. The second-order valence-corrected chi connectivity index (χ2v) is 4.46. The summed E-state index contributed by atoms with van der Waals surface area (Å²) >= 11 is 0. The van der Waals surface area contributed by atoms with E-state index >= 15 is 0 Å². The molecule has 0 aliphatic heterocycles. The number of nitro benzene ring substituents is 1. The van der Waals surface area contributed by atoms with Crippen LogP contribution in [0.4, 0.5) is 5.69 Å². The topological polar surface area (TPSA) is 78.0 Å². The molecule has 6 nitrogen and oxygen atoms in total. The number of aldehydes is 1. The third kappa shape index (κ3) is 2.52. The van der Waals surface area contributed by atoms with Gasteiger partial charge in [-0.15, -0.1) is 0 Å². The molecule has 0 unspecified atom stereocenters. The van der Waals surface area contributed by atoms with Crippen molar-refractivity contribution in [2.75, 3.05) is 0 Å². The second kappa shape index (κ2) is 5.01. The zero-order valence-corrected chi connectivity index (χ0v) is 10.6. The highest BCUT2D eigenvalue weighted by Crippen LogP contribution is 2.20. The van der Waals surface area contributed by atoms with E-state index in [4.69, 9.17) is 0 Å². The van der Waals surface area contributed by atoms with Gasteiger partial charge in [-0.2, -0.15) is 5.10 Å². The summed E-state index contributed by atoms with van der Waals surface area (Å²) in [6.45, 7) is 3.91. The van der Waals surface area contributed by atoms with Gasteiger partial charge in [-0.1, -0.05) is 13.8 Å². The van der Waals surface area contributed by atoms with Gasteiger partial charge in [0.1, 0.15) is 0 Å². The van der Waals surface area contributed by atoms with Crippen LogP contribution >= 0.6 is 0 Å². The minimum Gasteiger partial charge on any atom is -0.298 e. The number of aromatic nitrogens is 2. The van der Waals surface area contributed by atoms with Gasteiger partial charge in [0.2, 0.25) is 0 Å². The Morgan fingerprint density at radius 3 is 2.37 bits per heavy atom. The number of rotatable bonds is 4. The van der Waals surface area contributed by atoms with Crippen molar-refractivity contribution in [2.24, 2.45) is 0 Å². The Labute approximate surface area is 109 Å². The first-order valence-corrected chi connectivity index (χ1v) is 5.82. The van der Waals surface area contributed by atoms with Gasteiger partial charge in [-0.05, 0) is 18.1 Å². The first kappa shape index (κ1) is 12.9. The van der Waals surface area contributed by atoms with Gasteiger partial charge in [0.05, 0.1) is 21.9 Å². The van der Waals surface area contributed by atoms with E-state index in [9.17, 15) is 14.9 Å². The standard InChI is InChI=1S/C13H13N3O3/c1-9(2)13-10(8-17)7-15(14-13)11-3-5-12(6-4-11)16(18)19/h3-9H,1-2H3. The van der Waals surface area contributed by atoms with Crippen LogP contribution in [-0.4, -0.2) is 21.0 Å². The monoisotopic (exact) mass is 259 g/mol. The molecular formula is C13H13N3O3. The molecule has 98 valence electrons. The van der Waals surface area contributed by atoms with E-state index in [0.29, 0.717) is 16.9 Å². The molecule has 0 aliphatic carbocycles. The van der Waals surface area contributed by atoms with Crippen molar-refractivity contribution in [1.82, 2.24) is 9.78 Å². The molecule has 1 aromatic heterocycles. The van der Waals surface area contributed by atoms with Gasteiger partial charge < -0.3 is 0 Å². The van der Waals surface area contributed by atoms with Crippen LogP contribution in [-0.2, 0) is 0 Å². The Kier molecular flexibility index (Phi) is 3.41. The van der Waals surface area contributed by atoms with Crippen molar-refractivity contribution < 1.29 is 9.72 Å². The van der Waals surface area contributed by atoms with E-state index in [-0.39, 0.29) is 11.6 Å². The lowest BCUT2D eigenvalue weighted by Crippen LogP contribution is -1.98. The van der Waals surface area contributed by atoms with Crippen LogP contribution in [0.1, 0.15) is 35.8 Å². The summed E-state index contributed by atoms with van der Waals surface area (Å²) in [6.07, 6.45) is 2.40. The number of non-ortho nitro benzene ring substituents is 1. The molecule has 0 amide bonds. The lowest BCUT2D eigenvalue weighted by Gasteiger charge is -2.02. The molecule has 19 heavy (non-hydrogen) atoms. The number of nitrogens with zero attached hydrogens (tertiary/aromatic N) is 3. The molecule has 0 atom stereocenters. The third-order valence-electron chi connectivity index (χ3n) is 2.77.